The standard InChI is InChI=1S/C18H21N3O4S/c1-3-11-21-17(24)13-7-4-5-8-14(13)20-18(21)26-12-15(22)19-10-6-9-16(23)25-2/h3-5,7-8H,1,6,9-12H2,2H3,(H,19,22). The Labute approximate surface area is 155 Å². The highest BCUT2D eigenvalue weighted by Gasteiger charge is 2.12. The number of ether oxygens (including phenoxy) is 1. The van der Waals surface area contributed by atoms with Crippen LogP contribution >= 0.6 is 11.8 Å². The molecule has 1 aromatic carbocycles. The first-order chi connectivity index (χ1) is 12.6. The first-order valence-corrected chi connectivity index (χ1v) is 9.12. The van der Waals surface area contributed by atoms with Crippen molar-refractivity contribution < 1.29 is 14.3 Å². The summed E-state index contributed by atoms with van der Waals surface area (Å²) in [6.07, 6.45) is 2.39. The third-order valence-corrected chi connectivity index (χ3v) is 4.55. The van der Waals surface area contributed by atoms with Crippen LogP contribution in [0.3, 0.4) is 0 Å². The molecule has 1 N–H and O–H groups in total. The van der Waals surface area contributed by atoms with Crippen molar-refractivity contribution in [3.8, 4) is 0 Å². The largest absolute Gasteiger partial charge is 0.469 e. The zero-order valence-corrected chi connectivity index (χ0v) is 15.4. The van der Waals surface area contributed by atoms with Crippen LogP contribution in [0.5, 0.6) is 0 Å². The molecule has 138 valence electrons. The number of allylic oxidation sites excluding steroid dienone is 1. The molecule has 1 heterocycles. The fourth-order valence-electron chi connectivity index (χ4n) is 2.29. The van der Waals surface area contributed by atoms with Gasteiger partial charge in [0, 0.05) is 19.5 Å². The number of nitrogens with zero attached hydrogens (tertiary/aromatic N) is 2. The van der Waals surface area contributed by atoms with Crippen molar-refractivity contribution in [2.75, 3.05) is 19.4 Å². The number of carbonyl (C=O) groups is 2. The first kappa shape index (κ1) is 19.7. The second-order valence-electron chi connectivity index (χ2n) is 5.43. The van der Waals surface area contributed by atoms with Gasteiger partial charge in [-0.25, -0.2) is 4.98 Å². The summed E-state index contributed by atoms with van der Waals surface area (Å²) in [5.41, 5.74) is 0.440. The van der Waals surface area contributed by atoms with Gasteiger partial charge in [-0.2, -0.15) is 0 Å². The second kappa shape index (κ2) is 9.76. The molecule has 0 unspecified atom stereocenters. The molecule has 26 heavy (non-hydrogen) atoms. The minimum absolute atomic E-state index is 0.125. The smallest absolute Gasteiger partial charge is 0.305 e. The maximum absolute atomic E-state index is 12.6. The number of thioether (sulfide) groups is 1. The van der Waals surface area contributed by atoms with Crippen molar-refractivity contribution in [1.29, 1.82) is 0 Å². The van der Waals surface area contributed by atoms with Crippen molar-refractivity contribution in [3.63, 3.8) is 0 Å². The molecule has 0 fully saturated rings. The highest BCUT2D eigenvalue weighted by Crippen LogP contribution is 2.17. The first-order valence-electron chi connectivity index (χ1n) is 8.13. The van der Waals surface area contributed by atoms with Crippen LogP contribution in [0.25, 0.3) is 10.9 Å². The van der Waals surface area contributed by atoms with Crippen LogP contribution in [0.15, 0.2) is 46.9 Å². The van der Waals surface area contributed by atoms with E-state index in [9.17, 15) is 14.4 Å². The zero-order chi connectivity index (χ0) is 18.9. The maximum atomic E-state index is 12.6. The summed E-state index contributed by atoms with van der Waals surface area (Å²) in [6.45, 7) is 4.38. The van der Waals surface area contributed by atoms with Crippen LogP contribution in [-0.2, 0) is 20.9 Å². The van der Waals surface area contributed by atoms with E-state index in [2.05, 4.69) is 21.6 Å². The highest BCUT2D eigenvalue weighted by atomic mass is 32.2. The Balaban J connectivity index is 2.02. The summed E-state index contributed by atoms with van der Waals surface area (Å²) in [4.78, 5) is 40.1. The van der Waals surface area contributed by atoms with Crippen LogP contribution < -0.4 is 10.9 Å². The summed E-state index contributed by atoms with van der Waals surface area (Å²) in [7, 11) is 1.33. The van der Waals surface area contributed by atoms with Crippen LogP contribution in [0, 0.1) is 0 Å². The lowest BCUT2D eigenvalue weighted by atomic mass is 10.2. The lowest BCUT2D eigenvalue weighted by Gasteiger charge is -2.11. The quantitative estimate of drug-likeness (QED) is 0.236. The third kappa shape index (κ3) is 5.19. The van der Waals surface area contributed by atoms with E-state index in [0.29, 0.717) is 35.6 Å². The molecule has 0 spiro atoms. The van der Waals surface area contributed by atoms with Gasteiger partial charge in [0.25, 0.3) is 5.56 Å². The van der Waals surface area contributed by atoms with E-state index in [-0.39, 0.29) is 29.6 Å². The summed E-state index contributed by atoms with van der Waals surface area (Å²) in [5.74, 6) is -0.366. The lowest BCUT2D eigenvalue weighted by Crippen LogP contribution is -2.28. The molecular formula is C18H21N3O4S. The Morgan fingerprint density at radius 2 is 2.15 bits per heavy atom. The second-order valence-corrected chi connectivity index (χ2v) is 6.38. The van der Waals surface area contributed by atoms with Crippen molar-refractivity contribution in [2.24, 2.45) is 0 Å². The highest BCUT2D eigenvalue weighted by molar-refractivity contribution is 7.99. The van der Waals surface area contributed by atoms with Gasteiger partial charge in [0.2, 0.25) is 5.91 Å². The van der Waals surface area contributed by atoms with Gasteiger partial charge in [-0.3, -0.25) is 19.0 Å². The molecule has 2 aromatic rings. The number of carbonyl (C=O) groups excluding carboxylic acids is 2. The molecule has 0 aliphatic heterocycles. The predicted molar refractivity (Wildman–Crippen MR) is 101 cm³/mol. The van der Waals surface area contributed by atoms with E-state index in [1.165, 1.54) is 23.4 Å². The Bertz CT molecular complexity index is 863. The Morgan fingerprint density at radius 3 is 2.88 bits per heavy atom. The van der Waals surface area contributed by atoms with E-state index >= 15 is 0 Å². The average molecular weight is 375 g/mol. The van der Waals surface area contributed by atoms with Crippen molar-refractivity contribution in [3.05, 3.63) is 47.3 Å². The third-order valence-electron chi connectivity index (χ3n) is 3.58. The van der Waals surface area contributed by atoms with Gasteiger partial charge in [0.15, 0.2) is 5.16 Å². The number of amides is 1. The van der Waals surface area contributed by atoms with Crippen molar-refractivity contribution >= 4 is 34.5 Å². The Hall–Kier alpha value is -2.61. The van der Waals surface area contributed by atoms with Gasteiger partial charge in [-0.15, -0.1) is 6.58 Å². The minimum atomic E-state index is -0.303. The number of methoxy groups -OCH3 is 1. The van der Waals surface area contributed by atoms with Crippen LogP contribution in [0.1, 0.15) is 12.8 Å². The normalized spacial score (nSPS) is 10.5. The maximum Gasteiger partial charge on any atom is 0.305 e. The SMILES string of the molecule is C=CCn1c(SCC(=O)NCCCC(=O)OC)nc2ccccc2c1=O. The molecule has 0 radical (unpaired) electrons. The van der Waals surface area contributed by atoms with E-state index in [1.807, 2.05) is 6.07 Å². The topological polar surface area (TPSA) is 90.3 Å². The number of hydrogen-bond acceptors (Lipinski definition) is 6. The van der Waals surface area contributed by atoms with Gasteiger partial charge in [0.1, 0.15) is 0 Å². The molecule has 7 nitrogen and oxygen atoms in total. The van der Waals surface area contributed by atoms with Crippen LogP contribution in [0.4, 0.5) is 0 Å². The number of rotatable bonds is 9. The summed E-state index contributed by atoms with van der Waals surface area (Å²) < 4.78 is 6.05. The number of hydrogen-bond donors (Lipinski definition) is 1. The zero-order valence-electron chi connectivity index (χ0n) is 14.6. The fourth-order valence-corrected chi connectivity index (χ4v) is 3.13. The van der Waals surface area contributed by atoms with E-state index < -0.39 is 0 Å². The molecule has 0 saturated heterocycles. The number of nitrogens with one attached hydrogen (secondary N) is 1. The number of esters is 1. The monoisotopic (exact) mass is 375 g/mol. The predicted octanol–water partition coefficient (Wildman–Crippen LogP) is 1.74. The average Bonchev–Trinajstić information content (AvgIpc) is 2.66. The number of benzene rings is 1. The number of para-hydroxylation sites is 1. The molecule has 2 rings (SSSR count). The van der Waals surface area contributed by atoms with Crippen LogP contribution in [0.2, 0.25) is 0 Å². The molecule has 8 heteroatoms. The van der Waals surface area contributed by atoms with Crippen molar-refractivity contribution in [2.45, 2.75) is 24.5 Å². The fraction of sp³-hybridized carbons (Fsp3) is 0.333. The van der Waals surface area contributed by atoms with E-state index in [4.69, 9.17) is 0 Å². The number of aromatic nitrogens is 2. The van der Waals surface area contributed by atoms with Gasteiger partial charge < -0.3 is 10.1 Å². The Kier molecular flexibility index (Phi) is 7.40. The lowest BCUT2D eigenvalue weighted by molar-refractivity contribution is -0.140. The van der Waals surface area contributed by atoms with Crippen molar-refractivity contribution in [1.82, 2.24) is 14.9 Å². The molecule has 0 saturated carbocycles. The van der Waals surface area contributed by atoms with Gasteiger partial charge in [0.05, 0.1) is 23.8 Å². The molecule has 0 bridgehead atoms. The van der Waals surface area contributed by atoms with E-state index in [1.54, 1.807) is 24.3 Å². The molecule has 0 aliphatic carbocycles. The summed E-state index contributed by atoms with van der Waals surface area (Å²) in [6, 6.07) is 7.10. The van der Waals surface area contributed by atoms with Gasteiger partial charge >= 0.3 is 5.97 Å². The molecular weight excluding hydrogens is 354 g/mol. The molecule has 1 amide bonds. The van der Waals surface area contributed by atoms with Gasteiger partial charge in [-0.1, -0.05) is 30.0 Å². The molecule has 0 atom stereocenters. The minimum Gasteiger partial charge on any atom is -0.469 e. The molecule has 1 aromatic heterocycles. The molecule has 0 aliphatic rings. The van der Waals surface area contributed by atoms with Crippen LogP contribution in [-0.4, -0.2) is 40.8 Å². The summed E-state index contributed by atoms with van der Waals surface area (Å²) in [5, 5.41) is 3.74. The number of fused-ring (bicyclic) bond motifs is 1. The summed E-state index contributed by atoms with van der Waals surface area (Å²) >= 11 is 1.19. The Morgan fingerprint density at radius 1 is 1.38 bits per heavy atom. The van der Waals surface area contributed by atoms with E-state index in [0.717, 1.165) is 0 Å². The van der Waals surface area contributed by atoms with Gasteiger partial charge in [-0.05, 0) is 18.6 Å².